The zero-order valence-electron chi connectivity index (χ0n) is 8.26. The normalized spacial score (nSPS) is 35.8. The Kier molecular flexibility index (Phi) is 2.45. The lowest BCUT2D eigenvalue weighted by Gasteiger charge is -2.20. The first kappa shape index (κ1) is 9.56. The second kappa shape index (κ2) is 3.08. The van der Waals surface area contributed by atoms with Gasteiger partial charge in [0.1, 0.15) is 0 Å². The van der Waals surface area contributed by atoms with Crippen LogP contribution in [0.4, 0.5) is 0 Å². The molecule has 0 aromatic heterocycles. The average molecular weight is 169 g/mol. The largest absolute Gasteiger partial charge is 0.369 e. The van der Waals surface area contributed by atoms with E-state index in [-0.39, 0.29) is 11.3 Å². The van der Waals surface area contributed by atoms with Gasteiger partial charge in [-0.3, -0.25) is 4.79 Å². The van der Waals surface area contributed by atoms with Gasteiger partial charge in [0.2, 0.25) is 5.91 Å². The zero-order valence-corrected chi connectivity index (χ0v) is 8.26. The third kappa shape index (κ3) is 1.62. The number of nitrogens with two attached hydrogens (primary N) is 1. The molecule has 2 atom stereocenters. The molecule has 1 aliphatic carbocycles. The van der Waals surface area contributed by atoms with Crippen molar-refractivity contribution >= 4 is 5.91 Å². The molecule has 2 heteroatoms. The molecule has 1 fully saturated rings. The van der Waals surface area contributed by atoms with E-state index in [4.69, 9.17) is 5.73 Å². The predicted molar refractivity (Wildman–Crippen MR) is 49.5 cm³/mol. The lowest BCUT2D eigenvalue weighted by Crippen LogP contribution is -2.32. The molecule has 0 bridgehead atoms. The number of rotatable bonds is 2. The molecule has 12 heavy (non-hydrogen) atoms. The molecule has 1 rings (SSSR count). The lowest BCUT2D eigenvalue weighted by atomic mass is 9.85. The van der Waals surface area contributed by atoms with E-state index in [0.717, 1.165) is 19.3 Å². The SMILES string of the molecule is CC(C)[C@@H]1CC[C@@](C)(C(N)=O)C1. The highest BCUT2D eigenvalue weighted by molar-refractivity contribution is 5.80. The molecule has 0 aliphatic heterocycles. The second-order valence-corrected chi connectivity index (χ2v) is 4.67. The molecular weight excluding hydrogens is 150 g/mol. The van der Waals surface area contributed by atoms with Crippen LogP contribution in [0.3, 0.4) is 0 Å². The van der Waals surface area contributed by atoms with Gasteiger partial charge >= 0.3 is 0 Å². The molecule has 0 radical (unpaired) electrons. The van der Waals surface area contributed by atoms with Crippen molar-refractivity contribution in [1.82, 2.24) is 0 Å². The molecular formula is C10H19NO. The molecule has 2 nitrogen and oxygen atoms in total. The summed E-state index contributed by atoms with van der Waals surface area (Å²) in [6.07, 6.45) is 3.13. The zero-order chi connectivity index (χ0) is 9.35. The minimum atomic E-state index is -0.213. The Morgan fingerprint density at radius 3 is 2.42 bits per heavy atom. The Bertz CT molecular complexity index is 188. The quantitative estimate of drug-likeness (QED) is 0.674. The molecule has 1 saturated carbocycles. The third-order valence-electron chi connectivity index (χ3n) is 3.32. The summed E-state index contributed by atoms with van der Waals surface area (Å²) in [6.45, 7) is 6.44. The standard InChI is InChI=1S/C10H19NO/c1-7(2)8-4-5-10(3,6-8)9(11)12/h7-8H,4-6H2,1-3H3,(H2,11,12)/t8-,10-/m1/s1. The van der Waals surface area contributed by atoms with Crippen molar-refractivity contribution in [3.63, 3.8) is 0 Å². The maximum Gasteiger partial charge on any atom is 0.223 e. The van der Waals surface area contributed by atoms with Gasteiger partial charge in [0.05, 0.1) is 0 Å². The van der Waals surface area contributed by atoms with E-state index in [1.54, 1.807) is 0 Å². The minimum Gasteiger partial charge on any atom is -0.369 e. The fourth-order valence-electron chi connectivity index (χ4n) is 2.08. The summed E-state index contributed by atoms with van der Waals surface area (Å²) in [4.78, 5) is 11.1. The van der Waals surface area contributed by atoms with Crippen LogP contribution in [-0.2, 0) is 4.79 Å². The van der Waals surface area contributed by atoms with Gasteiger partial charge in [-0.2, -0.15) is 0 Å². The Hall–Kier alpha value is -0.530. The summed E-state index contributed by atoms with van der Waals surface area (Å²) in [6, 6.07) is 0. The van der Waals surface area contributed by atoms with Crippen LogP contribution >= 0.6 is 0 Å². The van der Waals surface area contributed by atoms with Crippen LogP contribution in [0, 0.1) is 17.3 Å². The second-order valence-electron chi connectivity index (χ2n) is 4.67. The van der Waals surface area contributed by atoms with E-state index in [1.165, 1.54) is 0 Å². The Labute approximate surface area is 74.5 Å². The van der Waals surface area contributed by atoms with E-state index >= 15 is 0 Å². The van der Waals surface area contributed by atoms with Crippen molar-refractivity contribution in [3.8, 4) is 0 Å². The highest BCUT2D eigenvalue weighted by Crippen LogP contribution is 2.44. The molecule has 0 unspecified atom stereocenters. The molecule has 0 aromatic carbocycles. The molecule has 0 spiro atoms. The molecule has 0 saturated heterocycles. The van der Waals surface area contributed by atoms with Crippen molar-refractivity contribution in [2.75, 3.05) is 0 Å². The third-order valence-corrected chi connectivity index (χ3v) is 3.32. The van der Waals surface area contributed by atoms with E-state index in [9.17, 15) is 4.79 Å². The Balaban J connectivity index is 2.61. The van der Waals surface area contributed by atoms with Crippen LogP contribution in [0.1, 0.15) is 40.0 Å². The first-order valence-corrected chi connectivity index (χ1v) is 4.75. The molecule has 0 heterocycles. The van der Waals surface area contributed by atoms with Crippen LogP contribution in [0.25, 0.3) is 0 Å². The van der Waals surface area contributed by atoms with Crippen molar-refractivity contribution in [2.24, 2.45) is 23.0 Å². The van der Waals surface area contributed by atoms with Gasteiger partial charge in [0, 0.05) is 5.41 Å². The van der Waals surface area contributed by atoms with Crippen LogP contribution in [0.2, 0.25) is 0 Å². The summed E-state index contributed by atoms with van der Waals surface area (Å²) in [5, 5.41) is 0. The van der Waals surface area contributed by atoms with Crippen molar-refractivity contribution in [3.05, 3.63) is 0 Å². The smallest absolute Gasteiger partial charge is 0.223 e. The molecule has 1 aliphatic rings. The Morgan fingerprint density at radius 2 is 2.17 bits per heavy atom. The van der Waals surface area contributed by atoms with Crippen molar-refractivity contribution < 1.29 is 4.79 Å². The van der Waals surface area contributed by atoms with Crippen LogP contribution in [0.5, 0.6) is 0 Å². The van der Waals surface area contributed by atoms with Gasteiger partial charge in [-0.05, 0) is 31.1 Å². The number of primary amides is 1. The van der Waals surface area contributed by atoms with Crippen molar-refractivity contribution in [1.29, 1.82) is 0 Å². The highest BCUT2D eigenvalue weighted by atomic mass is 16.1. The Morgan fingerprint density at radius 1 is 1.58 bits per heavy atom. The summed E-state index contributed by atoms with van der Waals surface area (Å²) in [7, 11) is 0. The molecule has 1 amide bonds. The van der Waals surface area contributed by atoms with Gasteiger partial charge in [-0.25, -0.2) is 0 Å². The maximum absolute atomic E-state index is 11.1. The average Bonchev–Trinajstić information content (AvgIpc) is 2.33. The summed E-state index contributed by atoms with van der Waals surface area (Å²) < 4.78 is 0. The first-order valence-electron chi connectivity index (χ1n) is 4.75. The highest BCUT2D eigenvalue weighted by Gasteiger charge is 2.40. The van der Waals surface area contributed by atoms with Crippen molar-refractivity contribution in [2.45, 2.75) is 40.0 Å². The fraction of sp³-hybridized carbons (Fsp3) is 0.900. The fourth-order valence-corrected chi connectivity index (χ4v) is 2.08. The number of carbonyl (C=O) groups is 1. The summed E-state index contributed by atoms with van der Waals surface area (Å²) in [5.41, 5.74) is 5.14. The van der Waals surface area contributed by atoms with Gasteiger partial charge in [0.25, 0.3) is 0 Å². The van der Waals surface area contributed by atoms with Gasteiger partial charge < -0.3 is 5.73 Å². The number of hydrogen-bond acceptors (Lipinski definition) is 1. The van der Waals surface area contributed by atoms with Crippen LogP contribution in [-0.4, -0.2) is 5.91 Å². The van der Waals surface area contributed by atoms with Gasteiger partial charge in [0.15, 0.2) is 0 Å². The van der Waals surface area contributed by atoms with E-state index in [1.807, 2.05) is 6.92 Å². The van der Waals surface area contributed by atoms with E-state index in [2.05, 4.69) is 13.8 Å². The number of amides is 1. The first-order chi connectivity index (χ1) is 5.46. The topological polar surface area (TPSA) is 43.1 Å². The predicted octanol–water partition coefficient (Wildman–Crippen LogP) is 1.93. The van der Waals surface area contributed by atoms with Crippen LogP contribution in [0.15, 0.2) is 0 Å². The minimum absolute atomic E-state index is 0.120. The van der Waals surface area contributed by atoms with Gasteiger partial charge in [-0.15, -0.1) is 0 Å². The van der Waals surface area contributed by atoms with E-state index in [0.29, 0.717) is 11.8 Å². The summed E-state index contributed by atoms with van der Waals surface area (Å²) in [5.74, 6) is 1.26. The summed E-state index contributed by atoms with van der Waals surface area (Å²) >= 11 is 0. The number of carbonyl (C=O) groups excluding carboxylic acids is 1. The maximum atomic E-state index is 11.1. The van der Waals surface area contributed by atoms with Crippen LogP contribution < -0.4 is 5.73 Å². The van der Waals surface area contributed by atoms with Gasteiger partial charge in [-0.1, -0.05) is 20.8 Å². The monoisotopic (exact) mass is 169 g/mol. The molecule has 0 aromatic rings. The molecule has 70 valence electrons. The lowest BCUT2D eigenvalue weighted by molar-refractivity contribution is -0.126. The molecule has 2 N–H and O–H groups in total. The van der Waals surface area contributed by atoms with E-state index < -0.39 is 0 Å². The number of hydrogen-bond donors (Lipinski definition) is 1.